The van der Waals surface area contributed by atoms with Crippen molar-refractivity contribution in [2.75, 3.05) is 5.32 Å². The molecule has 0 aliphatic carbocycles. The summed E-state index contributed by atoms with van der Waals surface area (Å²) in [5.41, 5.74) is 5.93. The number of rotatable bonds is 5. The van der Waals surface area contributed by atoms with Crippen LogP contribution in [0.4, 0.5) is 17.2 Å². The van der Waals surface area contributed by atoms with E-state index in [1.807, 2.05) is 0 Å². The van der Waals surface area contributed by atoms with E-state index in [-0.39, 0.29) is 12.2 Å². The van der Waals surface area contributed by atoms with Gasteiger partial charge in [-0.15, -0.1) is 0 Å². The van der Waals surface area contributed by atoms with E-state index in [1.165, 1.54) is 23.0 Å². The number of hydrogen-bond donors (Lipinski definition) is 2. The molecule has 0 aliphatic rings. The number of amides is 1. The van der Waals surface area contributed by atoms with Gasteiger partial charge in [0.15, 0.2) is 0 Å². The molecule has 1 amide bonds. The number of primary amides is 1. The first-order valence-corrected chi connectivity index (χ1v) is 5.65. The molecule has 0 unspecified atom stereocenters. The van der Waals surface area contributed by atoms with Crippen molar-refractivity contribution in [2.24, 2.45) is 5.73 Å². The molecule has 0 radical (unpaired) electrons. The fraction of sp³-hybridized carbons (Fsp3) is 0.182. The third kappa shape index (κ3) is 3.07. The van der Waals surface area contributed by atoms with E-state index in [0.29, 0.717) is 17.2 Å². The Labute approximate surface area is 113 Å². The van der Waals surface area contributed by atoms with E-state index in [4.69, 9.17) is 5.73 Å². The molecule has 2 heterocycles. The third-order valence-electron chi connectivity index (χ3n) is 2.48. The average molecular weight is 276 g/mol. The first-order chi connectivity index (χ1) is 9.45. The standard InChI is InChI=1S/C11H12N6O3/c1-7-9(17(19)20)2-3-11(14-7)15-8-4-13-16(5-8)6-10(12)18/h2-5H,6H2,1H3,(H2,12,18)(H,14,15). The Kier molecular flexibility index (Phi) is 3.60. The van der Waals surface area contributed by atoms with Crippen LogP contribution < -0.4 is 11.1 Å². The van der Waals surface area contributed by atoms with Crippen molar-refractivity contribution in [3.05, 3.63) is 40.3 Å². The van der Waals surface area contributed by atoms with Crippen molar-refractivity contribution in [3.8, 4) is 0 Å². The summed E-state index contributed by atoms with van der Waals surface area (Å²) < 4.78 is 1.38. The molecule has 2 aromatic rings. The van der Waals surface area contributed by atoms with Crippen LogP contribution in [0, 0.1) is 17.0 Å². The summed E-state index contributed by atoms with van der Waals surface area (Å²) in [5.74, 6) is -0.0457. The molecule has 2 rings (SSSR count). The van der Waals surface area contributed by atoms with Crippen LogP contribution in [0.25, 0.3) is 0 Å². The molecule has 0 atom stereocenters. The fourth-order valence-corrected chi connectivity index (χ4v) is 1.64. The van der Waals surface area contributed by atoms with Gasteiger partial charge < -0.3 is 11.1 Å². The topological polar surface area (TPSA) is 129 Å². The molecular weight excluding hydrogens is 264 g/mol. The first-order valence-electron chi connectivity index (χ1n) is 5.65. The second-order valence-electron chi connectivity index (χ2n) is 4.08. The number of nitro groups is 1. The maximum absolute atomic E-state index is 10.7. The average Bonchev–Trinajstić information content (AvgIpc) is 2.75. The lowest BCUT2D eigenvalue weighted by molar-refractivity contribution is -0.385. The van der Waals surface area contributed by atoms with Crippen molar-refractivity contribution in [1.82, 2.24) is 14.8 Å². The number of aryl methyl sites for hydroxylation is 1. The number of hydrogen-bond acceptors (Lipinski definition) is 6. The Morgan fingerprint density at radius 1 is 1.55 bits per heavy atom. The van der Waals surface area contributed by atoms with Gasteiger partial charge in [0.1, 0.15) is 18.1 Å². The molecule has 20 heavy (non-hydrogen) atoms. The Morgan fingerprint density at radius 2 is 2.30 bits per heavy atom. The zero-order chi connectivity index (χ0) is 14.7. The van der Waals surface area contributed by atoms with Gasteiger partial charge in [-0.3, -0.25) is 19.6 Å². The molecule has 0 fully saturated rings. The highest BCUT2D eigenvalue weighted by atomic mass is 16.6. The lowest BCUT2D eigenvalue weighted by Crippen LogP contribution is -2.18. The van der Waals surface area contributed by atoms with E-state index in [0.717, 1.165) is 0 Å². The van der Waals surface area contributed by atoms with Crippen LogP contribution in [-0.2, 0) is 11.3 Å². The van der Waals surface area contributed by atoms with Gasteiger partial charge in [0.2, 0.25) is 5.91 Å². The minimum atomic E-state index is -0.496. The second kappa shape index (κ2) is 5.34. The van der Waals surface area contributed by atoms with Crippen LogP contribution in [0.1, 0.15) is 5.69 Å². The van der Waals surface area contributed by atoms with Crippen LogP contribution in [0.5, 0.6) is 0 Å². The maximum Gasteiger partial charge on any atom is 0.290 e. The number of carbonyl (C=O) groups excluding carboxylic acids is 1. The van der Waals surface area contributed by atoms with E-state index < -0.39 is 10.8 Å². The Morgan fingerprint density at radius 3 is 2.90 bits per heavy atom. The monoisotopic (exact) mass is 276 g/mol. The van der Waals surface area contributed by atoms with Crippen molar-refractivity contribution in [1.29, 1.82) is 0 Å². The molecule has 0 aliphatic heterocycles. The number of nitrogens with one attached hydrogen (secondary N) is 1. The van der Waals surface area contributed by atoms with Crippen LogP contribution >= 0.6 is 0 Å². The Balaban J connectivity index is 2.14. The molecule has 9 nitrogen and oxygen atoms in total. The lowest BCUT2D eigenvalue weighted by Gasteiger charge is -2.03. The van der Waals surface area contributed by atoms with Crippen molar-refractivity contribution in [3.63, 3.8) is 0 Å². The minimum Gasteiger partial charge on any atom is -0.368 e. The largest absolute Gasteiger partial charge is 0.368 e. The highest BCUT2D eigenvalue weighted by Gasteiger charge is 2.12. The highest BCUT2D eigenvalue weighted by molar-refractivity contribution is 5.73. The van der Waals surface area contributed by atoms with Gasteiger partial charge in [-0.1, -0.05) is 0 Å². The fourth-order valence-electron chi connectivity index (χ4n) is 1.64. The number of anilines is 2. The number of nitrogens with two attached hydrogens (primary N) is 1. The van der Waals surface area contributed by atoms with Gasteiger partial charge in [0.25, 0.3) is 5.69 Å². The lowest BCUT2D eigenvalue weighted by atomic mass is 10.3. The Hall–Kier alpha value is -2.97. The molecule has 104 valence electrons. The minimum absolute atomic E-state index is 0.0194. The third-order valence-corrected chi connectivity index (χ3v) is 2.48. The van der Waals surface area contributed by atoms with Gasteiger partial charge in [0.05, 0.1) is 16.8 Å². The molecular formula is C11H12N6O3. The summed E-state index contributed by atoms with van der Waals surface area (Å²) in [6.07, 6.45) is 3.09. The molecule has 0 bridgehead atoms. The van der Waals surface area contributed by atoms with Gasteiger partial charge in [-0.2, -0.15) is 5.10 Å². The normalized spacial score (nSPS) is 10.2. The van der Waals surface area contributed by atoms with Crippen LogP contribution in [0.3, 0.4) is 0 Å². The highest BCUT2D eigenvalue weighted by Crippen LogP contribution is 2.20. The summed E-state index contributed by atoms with van der Waals surface area (Å²) in [5, 5.41) is 17.6. The molecule has 2 aromatic heterocycles. The maximum atomic E-state index is 10.7. The number of nitrogens with zero attached hydrogens (tertiary/aromatic N) is 4. The molecule has 0 saturated heterocycles. The first kappa shape index (κ1) is 13.5. The van der Waals surface area contributed by atoms with Gasteiger partial charge in [-0.25, -0.2) is 4.98 Å². The number of pyridine rings is 1. The van der Waals surface area contributed by atoms with E-state index in [9.17, 15) is 14.9 Å². The predicted molar refractivity (Wildman–Crippen MR) is 70.3 cm³/mol. The quantitative estimate of drug-likeness (QED) is 0.611. The van der Waals surface area contributed by atoms with Crippen LogP contribution in [-0.4, -0.2) is 25.6 Å². The summed E-state index contributed by atoms with van der Waals surface area (Å²) in [6.45, 7) is 1.54. The summed E-state index contributed by atoms with van der Waals surface area (Å²) in [4.78, 5) is 25.0. The summed E-state index contributed by atoms with van der Waals surface area (Å²) >= 11 is 0. The molecule has 9 heteroatoms. The van der Waals surface area contributed by atoms with Gasteiger partial charge in [-0.05, 0) is 13.0 Å². The van der Waals surface area contributed by atoms with Crippen molar-refractivity contribution < 1.29 is 9.72 Å². The van der Waals surface area contributed by atoms with Gasteiger partial charge >= 0.3 is 0 Å². The smallest absolute Gasteiger partial charge is 0.290 e. The zero-order valence-electron chi connectivity index (χ0n) is 10.6. The van der Waals surface area contributed by atoms with Crippen LogP contribution in [0.2, 0.25) is 0 Å². The van der Waals surface area contributed by atoms with Crippen LogP contribution in [0.15, 0.2) is 24.5 Å². The van der Waals surface area contributed by atoms with Crippen molar-refractivity contribution >= 4 is 23.1 Å². The second-order valence-corrected chi connectivity index (χ2v) is 4.08. The molecule has 0 spiro atoms. The predicted octanol–water partition coefficient (Wildman–Crippen LogP) is 0.724. The van der Waals surface area contributed by atoms with Gasteiger partial charge in [0, 0.05) is 12.3 Å². The summed E-state index contributed by atoms with van der Waals surface area (Å²) in [6, 6.07) is 2.87. The molecule has 0 saturated carbocycles. The Bertz CT molecular complexity index is 666. The molecule has 0 aromatic carbocycles. The SMILES string of the molecule is Cc1nc(Nc2cnn(CC(N)=O)c2)ccc1[N+](=O)[O-]. The van der Waals surface area contributed by atoms with E-state index >= 15 is 0 Å². The zero-order valence-corrected chi connectivity index (χ0v) is 10.6. The van der Waals surface area contributed by atoms with E-state index in [1.54, 1.807) is 13.1 Å². The number of aromatic nitrogens is 3. The summed E-state index contributed by atoms with van der Waals surface area (Å²) in [7, 11) is 0. The van der Waals surface area contributed by atoms with Crippen molar-refractivity contribution in [2.45, 2.75) is 13.5 Å². The van der Waals surface area contributed by atoms with E-state index in [2.05, 4.69) is 15.4 Å². The number of carbonyl (C=O) groups is 1. The molecule has 3 N–H and O–H groups in total.